The Kier molecular flexibility index (Phi) is 1.55. The monoisotopic (exact) mass is 174 g/mol. The fraction of sp³-hybridized carbons (Fsp3) is 1.00. The van der Waals surface area contributed by atoms with Crippen molar-refractivity contribution in [3.05, 3.63) is 0 Å². The highest BCUT2D eigenvalue weighted by Gasteiger charge is 2.64. The molecule has 2 N–H and O–H groups in total. The third kappa shape index (κ3) is 0.713. The standard InChI is InChI=1S/C8H14O4/c1-7-5(9)3-12-8(7,2)6(10)4-11-7/h5-6,9-10H,3-4H2,1-2H3/t5-,6?,7+,8+/m0/s1. The SMILES string of the molecule is C[C@]12OC[C@H](O)[C@@]1(C)OCC2O. The minimum atomic E-state index is -0.744. The van der Waals surface area contributed by atoms with Crippen molar-refractivity contribution in [2.75, 3.05) is 13.2 Å². The predicted molar refractivity (Wildman–Crippen MR) is 40.7 cm³/mol. The van der Waals surface area contributed by atoms with Gasteiger partial charge in [0.05, 0.1) is 13.2 Å². The largest absolute Gasteiger partial charge is 0.388 e. The molecule has 2 saturated heterocycles. The van der Waals surface area contributed by atoms with Crippen molar-refractivity contribution >= 4 is 0 Å². The van der Waals surface area contributed by atoms with E-state index in [2.05, 4.69) is 0 Å². The number of aliphatic hydroxyl groups is 2. The topological polar surface area (TPSA) is 58.9 Å². The second kappa shape index (κ2) is 2.20. The lowest BCUT2D eigenvalue weighted by Gasteiger charge is -2.33. The molecule has 4 atom stereocenters. The fourth-order valence-electron chi connectivity index (χ4n) is 1.96. The van der Waals surface area contributed by atoms with Gasteiger partial charge in [0.15, 0.2) is 0 Å². The van der Waals surface area contributed by atoms with Gasteiger partial charge in [-0.05, 0) is 13.8 Å². The van der Waals surface area contributed by atoms with Crippen LogP contribution in [-0.2, 0) is 9.47 Å². The first-order valence-electron chi connectivity index (χ1n) is 4.15. The Morgan fingerprint density at radius 3 is 1.67 bits per heavy atom. The van der Waals surface area contributed by atoms with E-state index in [4.69, 9.17) is 9.47 Å². The lowest BCUT2D eigenvalue weighted by Crippen LogP contribution is -2.53. The molecule has 4 heteroatoms. The molecule has 2 fully saturated rings. The van der Waals surface area contributed by atoms with Crippen molar-refractivity contribution in [3.8, 4) is 0 Å². The molecule has 0 amide bonds. The molecule has 4 nitrogen and oxygen atoms in total. The molecule has 0 radical (unpaired) electrons. The number of hydrogen-bond donors (Lipinski definition) is 2. The fourth-order valence-corrected chi connectivity index (χ4v) is 1.96. The molecule has 2 aliphatic heterocycles. The zero-order valence-electron chi connectivity index (χ0n) is 7.28. The van der Waals surface area contributed by atoms with E-state index in [0.29, 0.717) is 0 Å². The maximum atomic E-state index is 9.58. The molecule has 0 aromatic heterocycles. The number of fused-ring (bicyclic) bond motifs is 1. The van der Waals surface area contributed by atoms with E-state index in [1.165, 1.54) is 0 Å². The third-order valence-corrected chi connectivity index (χ3v) is 3.34. The van der Waals surface area contributed by atoms with Crippen LogP contribution in [0.1, 0.15) is 13.8 Å². The summed E-state index contributed by atoms with van der Waals surface area (Å²) >= 11 is 0. The van der Waals surface area contributed by atoms with Crippen molar-refractivity contribution in [2.24, 2.45) is 0 Å². The number of ether oxygens (including phenoxy) is 2. The quantitative estimate of drug-likeness (QED) is 0.509. The summed E-state index contributed by atoms with van der Waals surface area (Å²) in [5, 5.41) is 19.2. The highest BCUT2D eigenvalue weighted by Crippen LogP contribution is 2.45. The van der Waals surface area contributed by atoms with Crippen LogP contribution in [0.5, 0.6) is 0 Å². The van der Waals surface area contributed by atoms with E-state index in [1.54, 1.807) is 13.8 Å². The first-order valence-corrected chi connectivity index (χ1v) is 4.15. The van der Waals surface area contributed by atoms with Crippen molar-refractivity contribution in [1.29, 1.82) is 0 Å². The van der Waals surface area contributed by atoms with Gasteiger partial charge in [-0.15, -0.1) is 0 Å². The van der Waals surface area contributed by atoms with Gasteiger partial charge in [0.25, 0.3) is 0 Å². The molecule has 0 aromatic rings. The Morgan fingerprint density at radius 1 is 1.00 bits per heavy atom. The third-order valence-electron chi connectivity index (χ3n) is 3.34. The average Bonchev–Trinajstić information content (AvgIpc) is 2.39. The van der Waals surface area contributed by atoms with Gasteiger partial charge >= 0.3 is 0 Å². The molecule has 0 spiro atoms. The molecule has 70 valence electrons. The summed E-state index contributed by atoms with van der Waals surface area (Å²) < 4.78 is 10.7. The van der Waals surface area contributed by atoms with Crippen LogP contribution < -0.4 is 0 Å². The molecule has 0 aromatic carbocycles. The minimum Gasteiger partial charge on any atom is -0.388 e. The Hall–Kier alpha value is -0.160. The van der Waals surface area contributed by atoms with Crippen LogP contribution in [0.3, 0.4) is 0 Å². The highest BCUT2D eigenvalue weighted by molar-refractivity contribution is 5.13. The molecule has 2 heterocycles. The summed E-state index contributed by atoms with van der Waals surface area (Å²) in [6, 6.07) is 0. The Bertz CT molecular complexity index is 185. The van der Waals surface area contributed by atoms with Crippen molar-refractivity contribution < 1.29 is 19.7 Å². The van der Waals surface area contributed by atoms with E-state index < -0.39 is 23.4 Å². The maximum absolute atomic E-state index is 9.58. The van der Waals surface area contributed by atoms with E-state index in [9.17, 15) is 10.2 Å². The predicted octanol–water partition coefficient (Wildman–Crippen LogP) is -0.714. The van der Waals surface area contributed by atoms with Gasteiger partial charge < -0.3 is 19.7 Å². The van der Waals surface area contributed by atoms with Gasteiger partial charge in [0.2, 0.25) is 0 Å². The van der Waals surface area contributed by atoms with Gasteiger partial charge in [-0.2, -0.15) is 0 Å². The molecule has 0 bridgehead atoms. The number of aliphatic hydroxyl groups excluding tert-OH is 2. The van der Waals surface area contributed by atoms with Crippen LogP contribution in [0.4, 0.5) is 0 Å². The Morgan fingerprint density at radius 2 is 1.33 bits per heavy atom. The van der Waals surface area contributed by atoms with E-state index in [-0.39, 0.29) is 13.2 Å². The van der Waals surface area contributed by atoms with E-state index in [1.807, 2.05) is 0 Å². The second-order valence-electron chi connectivity index (χ2n) is 3.87. The molecular formula is C8H14O4. The van der Waals surface area contributed by atoms with Gasteiger partial charge in [0.1, 0.15) is 23.4 Å². The van der Waals surface area contributed by atoms with Crippen LogP contribution in [0.25, 0.3) is 0 Å². The second-order valence-corrected chi connectivity index (χ2v) is 3.87. The molecular weight excluding hydrogens is 160 g/mol. The van der Waals surface area contributed by atoms with Crippen LogP contribution >= 0.6 is 0 Å². The molecule has 0 saturated carbocycles. The lowest BCUT2D eigenvalue weighted by molar-refractivity contribution is -0.107. The van der Waals surface area contributed by atoms with Gasteiger partial charge in [-0.25, -0.2) is 0 Å². The lowest BCUT2D eigenvalue weighted by atomic mass is 9.83. The molecule has 2 rings (SSSR count). The number of hydrogen-bond acceptors (Lipinski definition) is 4. The van der Waals surface area contributed by atoms with Crippen molar-refractivity contribution in [2.45, 2.75) is 37.3 Å². The van der Waals surface area contributed by atoms with Gasteiger partial charge in [-0.1, -0.05) is 0 Å². The van der Waals surface area contributed by atoms with Gasteiger partial charge in [0, 0.05) is 0 Å². The maximum Gasteiger partial charge on any atom is 0.125 e. The Labute approximate surface area is 71.1 Å². The molecule has 2 aliphatic rings. The molecule has 1 unspecified atom stereocenters. The minimum absolute atomic E-state index is 0.240. The molecule has 12 heavy (non-hydrogen) atoms. The summed E-state index contributed by atoms with van der Waals surface area (Å²) in [6.07, 6.45) is -1.28. The number of rotatable bonds is 0. The van der Waals surface area contributed by atoms with Gasteiger partial charge in [-0.3, -0.25) is 0 Å². The first kappa shape index (κ1) is 8.44. The van der Waals surface area contributed by atoms with Crippen molar-refractivity contribution in [1.82, 2.24) is 0 Å². The van der Waals surface area contributed by atoms with Crippen LogP contribution in [-0.4, -0.2) is 46.8 Å². The van der Waals surface area contributed by atoms with E-state index in [0.717, 1.165) is 0 Å². The zero-order chi connectivity index (χ0) is 8.98. The summed E-state index contributed by atoms with van der Waals surface area (Å²) in [5.41, 5.74) is -1.49. The molecule has 0 aliphatic carbocycles. The summed E-state index contributed by atoms with van der Waals surface area (Å²) in [7, 11) is 0. The summed E-state index contributed by atoms with van der Waals surface area (Å²) in [4.78, 5) is 0. The van der Waals surface area contributed by atoms with E-state index >= 15 is 0 Å². The highest BCUT2D eigenvalue weighted by atomic mass is 16.6. The normalized spacial score (nSPS) is 59.0. The van der Waals surface area contributed by atoms with Crippen LogP contribution in [0, 0.1) is 0 Å². The summed E-state index contributed by atoms with van der Waals surface area (Å²) in [6.45, 7) is 4.04. The zero-order valence-corrected chi connectivity index (χ0v) is 7.28. The summed E-state index contributed by atoms with van der Waals surface area (Å²) in [5.74, 6) is 0. The van der Waals surface area contributed by atoms with Crippen LogP contribution in [0.15, 0.2) is 0 Å². The van der Waals surface area contributed by atoms with Crippen molar-refractivity contribution in [3.63, 3.8) is 0 Å². The van der Waals surface area contributed by atoms with Crippen LogP contribution in [0.2, 0.25) is 0 Å². The average molecular weight is 174 g/mol. The smallest absolute Gasteiger partial charge is 0.125 e. The Balaban J connectivity index is 2.37. The first-order chi connectivity index (χ1) is 5.51.